The molecule has 0 saturated carbocycles. The van der Waals surface area contributed by atoms with E-state index in [9.17, 15) is 0 Å². The maximum absolute atomic E-state index is 8.95. The number of nitriles is 1. The van der Waals surface area contributed by atoms with Gasteiger partial charge in [0.25, 0.3) is 0 Å². The number of rotatable bonds is 8. The van der Waals surface area contributed by atoms with Crippen LogP contribution in [-0.2, 0) is 0 Å². The number of ether oxygens (including phenoxy) is 1. The molecule has 1 aromatic carbocycles. The fourth-order valence-corrected chi connectivity index (χ4v) is 1.94. The summed E-state index contributed by atoms with van der Waals surface area (Å²) in [5.74, 6) is 0.688. The van der Waals surface area contributed by atoms with Crippen molar-refractivity contribution in [3.8, 4) is 11.8 Å². The Morgan fingerprint density at radius 2 is 1.78 bits per heavy atom. The summed E-state index contributed by atoms with van der Waals surface area (Å²) in [6, 6.07) is 9.53. The maximum atomic E-state index is 8.95. The summed E-state index contributed by atoms with van der Waals surface area (Å²) in [4.78, 5) is 2.40. The van der Waals surface area contributed by atoms with Gasteiger partial charge in [-0.3, -0.25) is 4.90 Å². The first-order chi connectivity index (χ1) is 8.81. The van der Waals surface area contributed by atoms with Gasteiger partial charge in [-0.2, -0.15) is 5.26 Å². The van der Waals surface area contributed by atoms with Crippen LogP contribution in [0.3, 0.4) is 0 Å². The summed E-state index contributed by atoms with van der Waals surface area (Å²) < 4.78 is 5.69. The van der Waals surface area contributed by atoms with Gasteiger partial charge >= 0.3 is 0 Å². The van der Waals surface area contributed by atoms with Crippen LogP contribution in [0.4, 0.5) is 0 Å². The molecule has 0 fully saturated rings. The van der Waals surface area contributed by atoms with Crippen molar-refractivity contribution in [3.63, 3.8) is 0 Å². The smallest absolute Gasteiger partial charge is 0.137 e. The topological polar surface area (TPSA) is 36.3 Å². The predicted octanol–water partition coefficient (Wildman–Crippen LogP) is 3.06. The SMILES string of the molecule is CCCN(CCC)CCOc1ccccc1C#N. The molecule has 0 aliphatic rings. The molecule has 0 radical (unpaired) electrons. The zero-order valence-corrected chi connectivity index (χ0v) is 11.4. The summed E-state index contributed by atoms with van der Waals surface area (Å²) in [7, 11) is 0. The van der Waals surface area contributed by atoms with Gasteiger partial charge < -0.3 is 4.74 Å². The van der Waals surface area contributed by atoms with Crippen molar-refractivity contribution in [3.05, 3.63) is 29.8 Å². The highest BCUT2D eigenvalue weighted by Crippen LogP contribution is 2.16. The molecule has 0 heterocycles. The molecule has 0 bridgehead atoms. The molecular formula is C15H22N2O. The van der Waals surface area contributed by atoms with Crippen molar-refractivity contribution in [1.29, 1.82) is 5.26 Å². The molecule has 3 heteroatoms. The van der Waals surface area contributed by atoms with Gasteiger partial charge in [0.1, 0.15) is 18.4 Å². The van der Waals surface area contributed by atoms with Gasteiger partial charge in [-0.05, 0) is 38.1 Å². The third kappa shape index (κ3) is 4.77. The minimum Gasteiger partial charge on any atom is -0.491 e. The molecule has 0 aliphatic heterocycles. The van der Waals surface area contributed by atoms with Gasteiger partial charge in [-0.1, -0.05) is 26.0 Å². The summed E-state index contributed by atoms with van der Waals surface area (Å²) in [5.41, 5.74) is 0.607. The minimum absolute atomic E-state index is 0.607. The van der Waals surface area contributed by atoms with Crippen LogP contribution < -0.4 is 4.74 Å². The van der Waals surface area contributed by atoms with Crippen molar-refractivity contribution < 1.29 is 4.74 Å². The number of hydrogen-bond donors (Lipinski definition) is 0. The highest BCUT2D eigenvalue weighted by Gasteiger charge is 2.04. The molecule has 0 unspecified atom stereocenters. The Kier molecular flexibility index (Phi) is 6.90. The lowest BCUT2D eigenvalue weighted by molar-refractivity contribution is 0.208. The monoisotopic (exact) mass is 246 g/mol. The predicted molar refractivity (Wildman–Crippen MR) is 73.7 cm³/mol. The number of hydrogen-bond acceptors (Lipinski definition) is 3. The van der Waals surface area contributed by atoms with Crippen LogP contribution in [0.1, 0.15) is 32.3 Å². The summed E-state index contributed by atoms with van der Waals surface area (Å²) in [6.45, 7) is 8.15. The molecule has 18 heavy (non-hydrogen) atoms. The average Bonchev–Trinajstić information content (AvgIpc) is 2.40. The zero-order chi connectivity index (χ0) is 13.2. The zero-order valence-electron chi connectivity index (χ0n) is 11.4. The molecule has 0 amide bonds. The normalized spacial score (nSPS) is 10.3. The highest BCUT2D eigenvalue weighted by molar-refractivity contribution is 5.42. The summed E-state index contributed by atoms with van der Waals surface area (Å²) in [6.07, 6.45) is 2.32. The van der Waals surface area contributed by atoms with E-state index in [-0.39, 0.29) is 0 Å². The molecule has 0 saturated heterocycles. The van der Waals surface area contributed by atoms with Crippen LogP contribution in [0.25, 0.3) is 0 Å². The molecule has 1 rings (SSSR count). The molecule has 0 aliphatic carbocycles. The van der Waals surface area contributed by atoms with E-state index in [1.54, 1.807) is 6.07 Å². The first-order valence-corrected chi connectivity index (χ1v) is 6.66. The molecule has 0 spiro atoms. The van der Waals surface area contributed by atoms with Crippen molar-refractivity contribution in [2.75, 3.05) is 26.2 Å². The first kappa shape index (κ1) is 14.5. The maximum Gasteiger partial charge on any atom is 0.137 e. The van der Waals surface area contributed by atoms with Crippen LogP contribution in [0.2, 0.25) is 0 Å². The second-order valence-corrected chi connectivity index (χ2v) is 4.30. The van der Waals surface area contributed by atoms with Crippen molar-refractivity contribution in [2.24, 2.45) is 0 Å². The highest BCUT2D eigenvalue weighted by atomic mass is 16.5. The van der Waals surface area contributed by atoms with Crippen LogP contribution in [-0.4, -0.2) is 31.1 Å². The quantitative estimate of drug-likeness (QED) is 0.707. The minimum atomic E-state index is 0.607. The Balaban J connectivity index is 2.42. The second kappa shape index (κ2) is 8.54. The number of benzene rings is 1. The van der Waals surface area contributed by atoms with E-state index in [1.807, 2.05) is 18.2 Å². The lowest BCUT2D eigenvalue weighted by atomic mass is 10.2. The lowest BCUT2D eigenvalue weighted by Gasteiger charge is -2.21. The van der Waals surface area contributed by atoms with Gasteiger partial charge in [0.2, 0.25) is 0 Å². The van der Waals surface area contributed by atoms with Crippen LogP contribution in [0.15, 0.2) is 24.3 Å². The van der Waals surface area contributed by atoms with E-state index in [1.165, 1.54) is 0 Å². The molecular weight excluding hydrogens is 224 g/mol. The molecule has 0 aromatic heterocycles. The van der Waals surface area contributed by atoms with Gasteiger partial charge in [0, 0.05) is 6.54 Å². The third-order valence-electron chi connectivity index (χ3n) is 2.75. The van der Waals surface area contributed by atoms with Gasteiger partial charge in [-0.15, -0.1) is 0 Å². The summed E-state index contributed by atoms with van der Waals surface area (Å²) in [5, 5.41) is 8.95. The molecule has 98 valence electrons. The average molecular weight is 246 g/mol. The Labute approximate surface area is 110 Å². The van der Waals surface area contributed by atoms with E-state index >= 15 is 0 Å². The van der Waals surface area contributed by atoms with E-state index < -0.39 is 0 Å². The van der Waals surface area contributed by atoms with Crippen molar-refractivity contribution >= 4 is 0 Å². The summed E-state index contributed by atoms with van der Waals surface area (Å²) >= 11 is 0. The van der Waals surface area contributed by atoms with Crippen LogP contribution >= 0.6 is 0 Å². The molecule has 0 atom stereocenters. The van der Waals surface area contributed by atoms with Gasteiger partial charge in [0.15, 0.2) is 0 Å². The Hall–Kier alpha value is -1.53. The van der Waals surface area contributed by atoms with Crippen molar-refractivity contribution in [2.45, 2.75) is 26.7 Å². The molecule has 1 aromatic rings. The standard InChI is InChI=1S/C15H22N2O/c1-3-9-17(10-4-2)11-12-18-15-8-6-5-7-14(15)13-16/h5-8H,3-4,9-12H2,1-2H3. The Morgan fingerprint density at radius 3 is 2.39 bits per heavy atom. The van der Waals surface area contributed by atoms with E-state index in [4.69, 9.17) is 10.00 Å². The largest absolute Gasteiger partial charge is 0.491 e. The number of nitrogens with zero attached hydrogens (tertiary/aromatic N) is 2. The first-order valence-electron chi connectivity index (χ1n) is 6.66. The van der Waals surface area contributed by atoms with Gasteiger partial charge in [-0.25, -0.2) is 0 Å². The molecule has 3 nitrogen and oxygen atoms in total. The van der Waals surface area contributed by atoms with E-state index in [0.29, 0.717) is 17.9 Å². The third-order valence-corrected chi connectivity index (χ3v) is 2.75. The molecule has 0 N–H and O–H groups in total. The fraction of sp³-hybridized carbons (Fsp3) is 0.533. The van der Waals surface area contributed by atoms with Gasteiger partial charge in [0.05, 0.1) is 5.56 Å². The van der Waals surface area contributed by atoms with Crippen LogP contribution in [0, 0.1) is 11.3 Å². The van der Waals surface area contributed by atoms with Crippen LogP contribution in [0.5, 0.6) is 5.75 Å². The van der Waals surface area contributed by atoms with Crippen molar-refractivity contribution in [1.82, 2.24) is 4.90 Å². The lowest BCUT2D eigenvalue weighted by Crippen LogP contribution is -2.30. The van der Waals surface area contributed by atoms with E-state index in [0.717, 1.165) is 32.5 Å². The van der Waals surface area contributed by atoms with E-state index in [2.05, 4.69) is 24.8 Å². The second-order valence-electron chi connectivity index (χ2n) is 4.30. The fourth-order valence-electron chi connectivity index (χ4n) is 1.94. The Bertz CT molecular complexity index is 378. The Morgan fingerprint density at radius 1 is 1.11 bits per heavy atom. The number of para-hydroxylation sites is 1.